The molecule has 1 aliphatic heterocycles. The third-order valence-corrected chi connectivity index (χ3v) is 2.79. The van der Waals surface area contributed by atoms with E-state index in [1.807, 2.05) is 0 Å². The lowest BCUT2D eigenvalue weighted by atomic mass is 10.2. The quantitative estimate of drug-likeness (QED) is 0.598. The van der Waals surface area contributed by atoms with E-state index in [2.05, 4.69) is 15.5 Å². The Kier molecular flexibility index (Phi) is 2.99. The molecular weight excluding hydrogens is 222 g/mol. The summed E-state index contributed by atoms with van der Waals surface area (Å²) in [6, 6.07) is 0. The van der Waals surface area contributed by atoms with Crippen molar-refractivity contribution >= 4 is 17.6 Å². The number of carbonyl (C=O) groups is 2. The lowest BCUT2D eigenvalue weighted by Gasteiger charge is -2.19. The molecule has 0 bridgehead atoms. The van der Waals surface area contributed by atoms with Crippen molar-refractivity contribution in [1.29, 1.82) is 0 Å². The average molecular weight is 237 g/mol. The molecule has 1 aliphatic rings. The maximum Gasteiger partial charge on any atom is 0.259 e. The first-order valence-electron chi connectivity index (χ1n) is 5.46. The maximum atomic E-state index is 12.2. The fraction of sp³-hybridized carbons (Fsp3) is 0.500. The van der Waals surface area contributed by atoms with Crippen LogP contribution in [0.15, 0.2) is 0 Å². The Hall–Kier alpha value is -2.05. The van der Waals surface area contributed by atoms with Gasteiger partial charge in [-0.05, 0) is 6.92 Å². The Morgan fingerprint density at radius 1 is 1.47 bits per heavy atom. The first kappa shape index (κ1) is 11.4. The number of nitrogen functional groups attached to an aromatic ring is 1. The van der Waals surface area contributed by atoms with Crippen LogP contribution >= 0.6 is 0 Å². The molecule has 2 heterocycles. The molecule has 0 spiro atoms. The molecule has 92 valence electrons. The van der Waals surface area contributed by atoms with Crippen molar-refractivity contribution in [2.24, 2.45) is 0 Å². The molecule has 1 fully saturated rings. The highest BCUT2D eigenvalue weighted by Gasteiger charge is 2.24. The minimum Gasteiger partial charge on any atom is -0.382 e. The zero-order chi connectivity index (χ0) is 12.4. The first-order valence-corrected chi connectivity index (χ1v) is 5.46. The largest absolute Gasteiger partial charge is 0.382 e. The highest BCUT2D eigenvalue weighted by Crippen LogP contribution is 2.15. The minimum absolute atomic E-state index is 0.0304. The van der Waals surface area contributed by atoms with E-state index in [-0.39, 0.29) is 17.6 Å². The van der Waals surface area contributed by atoms with Gasteiger partial charge in [0.05, 0.1) is 0 Å². The van der Waals surface area contributed by atoms with Gasteiger partial charge in [0.25, 0.3) is 5.91 Å². The van der Waals surface area contributed by atoms with E-state index in [9.17, 15) is 9.59 Å². The molecule has 1 aromatic heterocycles. The molecule has 0 aromatic carbocycles. The van der Waals surface area contributed by atoms with Gasteiger partial charge in [-0.1, -0.05) is 0 Å². The predicted octanol–water partition coefficient (Wildman–Crippen LogP) is -0.738. The lowest BCUT2D eigenvalue weighted by molar-refractivity contribution is -0.120. The number of nitrogens with two attached hydrogens (primary N) is 1. The minimum atomic E-state index is -0.176. The van der Waals surface area contributed by atoms with Crippen LogP contribution in [0.5, 0.6) is 0 Å². The van der Waals surface area contributed by atoms with E-state index in [0.29, 0.717) is 37.3 Å². The van der Waals surface area contributed by atoms with Crippen LogP contribution in [0.3, 0.4) is 0 Å². The summed E-state index contributed by atoms with van der Waals surface area (Å²) in [5, 5.41) is 9.19. The van der Waals surface area contributed by atoms with Crippen LogP contribution < -0.4 is 11.1 Å². The predicted molar refractivity (Wildman–Crippen MR) is 61.3 cm³/mol. The van der Waals surface area contributed by atoms with Crippen molar-refractivity contribution in [1.82, 2.24) is 20.4 Å². The van der Waals surface area contributed by atoms with E-state index < -0.39 is 0 Å². The second kappa shape index (κ2) is 4.44. The molecule has 1 aromatic rings. The van der Waals surface area contributed by atoms with Crippen molar-refractivity contribution in [2.45, 2.75) is 13.3 Å². The normalized spacial score (nSPS) is 16.5. The fourth-order valence-electron chi connectivity index (χ4n) is 1.85. The van der Waals surface area contributed by atoms with Gasteiger partial charge in [-0.15, -0.1) is 0 Å². The lowest BCUT2D eigenvalue weighted by Crippen LogP contribution is -2.34. The third-order valence-electron chi connectivity index (χ3n) is 2.79. The number of aromatic amines is 1. The maximum absolute atomic E-state index is 12.2. The summed E-state index contributed by atoms with van der Waals surface area (Å²) in [6.07, 6.45) is 0.322. The second-order valence-corrected chi connectivity index (χ2v) is 4.00. The fourth-order valence-corrected chi connectivity index (χ4v) is 1.85. The smallest absolute Gasteiger partial charge is 0.259 e. The summed E-state index contributed by atoms with van der Waals surface area (Å²) in [6.45, 7) is 3.13. The SMILES string of the molecule is Cc1[nH]nc(N)c1C(=O)N1CCNC(=O)CC1. The Labute approximate surface area is 98.4 Å². The molecule has 2 amide bonds. The van der Waals surface area contributed by atoms with E-state index in [1.165, 1.54) is 0 Å². The molecule has 0 aliphatic carbocycles. The Balaban J connectivity index is 2.17. The number of nitrogens with zero attached hydrogens (tertiary/aromatic N) is 2. The Morgan fingerprint density at radius 2 is 2.24 bits per heavy atom. The molecule has 17 heavy (non-hydrogen) atoms. The summed E-state index contributed by atoms with van der Waals surface area (Å²) in [5.74, 6) is -0.00142. The number of nitrogens with one attached hydrogen (secondary N) is 2. The number of H-pyrrole nitrogens is 1. The molecule has 4 N–H and O–H groups in total. The van der Waals surface area contributed by atoms with E-state index in [1.54, 1.807) is 11.8 Å². The third kappa shape index (κ3) is 2.22. The number of carbonyl (C=O) groups excluding carboxylic acids is 2. The number of hydrogen-bond acceptors (Lipinski definition) is 4. The van der Waals surface area contributed by atoms with Gasteiger partial charge < -0.3 is 16.0 Å². The van der Waals surface area contributed by atoms with Gasteiger partial charge in [0.15, 0.2) is 5.82 Å². The zero-order valence-corrected chi connectivity index (χ0v) is 9.62. The van der Waals surface area contributed by atoms with Crippen LogP contribution in [0.25, 0.3) is 0 Å². The van der Waals surface area contributed by atoms with Crippen LogP contribution in [-0.2, 0) is 4.79 Å². The molecule has 0 unspecified atom stereocenters. The van der Waals surface area contributed by atoms with Crippen molar-refractivity contribution < 1.29 is 9.59 Å². The highest BCUT2D eigenvalue weighted by molar-refractivity contribution is 5.99. The number of aryl methyl sites for hydroxylation is 1. The highest BCUT2D eigenvalue weighted by atomic mass is 16.2. The summed E-state index contributed by atoms with van der Waals surface area (Å²) in [7, 11) is 0. The topological polar surface area (TPSA) is 104 Å². The monoisotopic (exact) mass is 237 g/mol. The number of aromatic nitrogens is 2. The van der Waals surface area contributed by atoms with Crippen LogP contribution in [0.2, 0.25) is 0 Å². The molecular formula is C10H15N5O2. The molecule has 0 saturated carbocycles. The van der Waals surface area contributed by atoms with Gasteiger partial charge in [-0.25, -0.2) is 0 Å². The van der Waals surface area contributed by atoms with Crippen LogP contribution in [0, 0.1) is 6.92 Å². The van der Waals surface area contributed by atoms with Gasteiger partial charge in [0.2, 0.25) is 5.91 Å². The van der Waals surface area contributed by atoms with Gasteiger partial charge in [0, 0.05) is 31.7 Å². The summed E-state index contributed by atoms with van der Waals surface area (Å²) >= 11 is 0. The van der Waals surface area contributed by atoms with Gasteiger partial charge >= 0.3 is 0 Å². The Bertz CT molecular complexity index is 434. The van der Waals surface area contributed by atoms with Crippen LogP contribution in [0.1, 0.15) is 22.5 Å². The Morgan fingerprint density at radius 3 is 2.88 bits per heavy atom. The van der Waals surface area contributed by atoms with Crippen molar-refractivity contribution in [3.05, 3.63) is 11.3 Å². The van der Waals surface area contributed by atoms with Gasteiger partial charge in [0.1, 0.15) is 5.56 Å². The number of amides is 2. The van der Waals surface area contributed by atoms with Gasteiger partial charge in [-0.3, -0.25) is 14.7 Å². The van der Waals surface area contributed by atoms with Crippen LogP contribution in [0.4, 0.5) is 5.82 Å². The molecule has 7 nitrogen and oxygen atoms in total. The average Bonchev–Trinajstić information content (AvgIpc) is 2.51. The second-order valence-electron chi connectivity index (χ2n) is 4.00. The van der Waals surface area contributed by atoms with Crippen LogP contribution in [-0.4, -0.2) is 46.5 Å². The summed E-state index contributed by atoms with van der Waals surface area (Å²) in [4.78, 5) is 25.0. The number of hydrogen-bond donors (Lipinski definition) is 3. The van der Waals surface area contributed by atoms with Crippen molar-refractivity contribution in [3.63, 3.8) is 0 Å². The number of rotatable bonds is 1. The van der Waals surface area contributed by atoms with E-state index in [0.717, 1.165) is 0 Å². The van der Waals surface area contributed by atoms with Crippen molar-refractivity contribution in [2.75, 3.05) is 25.4 Å². The zero-order valence-electron chi connectivity index (χ0n) is 9.62. The molecule has 0 atom stereocenters. The molecule has 2 rings (SSSR count). The first-order chi connectivity index (χ1) is 8.09. The standard InChI is InChI=1S/C10H15N5O2/c1-6-8(9(11)14-13-6)10(17)15-4-2-7(16)12-3-5-15/h2-5H2,1H3,(H,12,16)(H3,11,13,14). The van der Waals surface area contributed by atoms with E-state index >= 15 is 0 Å². The number of anilines is 1. The van der Waals surface area contributed by atoms with Gasteiger partial charge in [-0.2, -0.15) is 5.10 Å². The molecule has 0 radical (unpaired) electrons. The van der Waals surface area contributed by atoms with E-state index in [4.69, 9.17) is 5.73 Å². The molecule has 7 heteroatoms. The van der Waals surface area contributed by atoms with Crippen molar-refractivity contribution in [3.8, 4) is 0 Å². The summed E-state index contributed by atoms with van der Waals surface area (Å²) in [5.41, 5.74) is 6.69. The summed E-state index contributed by atoms with van der Waals surface area (Å²) < 4.78 is 0. The molecule has 1 saturated heterocycles.